The summed E-state index contributed by atoms with van der Waals surface area (Å²) in [7, 11) is -3.39. The second-order valence-corrected chi connectivity index (χ2v) is 6.26. The van der Waals surface area contributed by atoms with Crippen molar-refractivity contribution in [1.29, 1.82) is 5.26 Å². The summed E-state index contributed by atoms with van der Waals surface area (Å²) in [6, 6.07) is 6.35. The van der Waals surface area contributed by atoms with Crippen LogP contribution >= 0.6 is 11.6 Å². The quantitative estimate of drug-likeness (QED) is 0.916. The van der Waals surface area contributed by atoms with Crippen LogP contribution in [0.2, 0.25) is 5.02 Å². The molecule has 0 radical (unpaired) electrons. The summed E-state index contributed by atoms with van der Waals surface area (Å²) >= 11 is 5.87. The van der Waals surface area contributed by atoms with Gasteiger partial charge in [-0.15, -0.1) is 0 Å². The Bertz CT molecular complexity index is 547. The lowest BCUT2D eigenvalue weighted by atomic mass is 10.2. The van der Waals surface area contributed by atoms with Gasteiger partial charge < -0.3 is 0 Å². The van der Waals surface area contributed by atoms with Crippen molar-refractivity contribution in [3.05, 3.63) is 28.8 Å². The number of hydrogen-bond acceptors (Lipinski definition) is 3. The fourth-order valence-corrected chi connectivity index (χ4v) is 3.07. The highest BCUT2D eigenvalue weighted by Crippen LogP contribution is 2.24. The molecule has 0 heterocycles. The summed E-state index contributed by atoms with van der Waals surface area (Å²) in [5, 5.41) is 8.88. The first-order valence-electron chi connectivity index (χ1n) is 5.04. The molecule has 0 atom stereocenters. The molecule has 1 N–H and O–H groups in total. The van der Waals surface area contributed by atoms with Gasteiger partial charge in [0.15, 0.2) is 0 Å². The molecule has 92 valence electrons. The predicted molar refractivity (Wildman–Crippen MR) is 68.4 cm³/mol. The van der Waals surface area contributed by atoms with Crippen LogP contribution < -0.4 is 4.72 Å². The Balaban J connectivity index is 2.94. The minimum absolute atomic E-state index is 0.0311. The summed E-state index contributed by atoms with van der Waals surface area (Å²) in [5.41, 5.74) is 0.688. The van der Waals surface area contributed by atoms with E-state index >= 15 is 0 Å². The molecule has 0 fully saturated rings. The molecule has 17 heavy (non-hydrogen) atoms. The van der Waals surface area contributed by atoms with Crippen LogP contribution in [0.5, 0.6) is 0 Å². The maximum atomic E-state index is 11.7. The van der Waals surface area contributed by atoms with Gasteiger partial charge in [-0.1, -0.05) is 25.4 Å². The Hall–Kier alpha value is -1.25. The minimum atomic E-state index is -3.39. The van der Waals surface area contributed by atoms with Crippen LogP contribution in [0.15, 0.2) is 18.2 Å². The van der Waals surface area contributed by atoms with Crippen molar-refractivity contribution < 1.29 is 8.42 Å². The highest BCUT2D eigenvalue weighted by Gasteiger charge is 2.14. The van der Waals surface area contributed by atoms with E-state index in [4.69, 9.17) is 16.9 Å². The number of nitriles is 1. The first-order chi connectivity index (χ1) is 7.84. The molecule has 4 nitrogen and oxygen atoms in total. The number of rotatable bonds is 4. The second-order valence-electron chi connectivity index (χ2n) is 4.08. The van der Waals surface area contributed by atoms with Crippen LogP contribution in [-0.2, 0) is 10.0 Å². The third-order valence-corrected chi connectivity index (χ3v) is 3.87. The number of nitrogens with zero attached hydrogens (tertiary/aromatic N) is 1. The highest BCUT2D eigenvalue weighted by molar-refractivity contribution is 7.92. The molecule has 0 aliphatic heterocycles. The Kier molecular flexibility index (Phi) is 4.38. The molecule has 0 saturated carbocycles. The first kappa shape index (κ1) is 13.8. The molecule has 1 aromatic rings. The van der Waals surface area contributed by atoms with Gasteiger partial charge in [0, 0.05) is 0 Å². The summed E-state index contributed by atoms with van der Waals surface area (Å²) in [5.74, 6) is 0.0632. The van der Waals surface area contributed by atoms with E-state index < -0.39 is 10.0 Å². The SMILES string of the molecule is CC(C)CS(=O)(=O)Nc1ccc(C#N)cc1Cl. The van der Waals surface area contributed by atoms with Crippen LogP contribution in [0.3, 0.4) is 0 Å². The van der Waals surface area contributed by atoms with Crippen molar-refractivity contribution in [2.24, 2.45) is 5.92 Å². The van der Waals surface area contributed by atoms with Gasteiger partial charge in [-0.2, -0.15) is 5.26 Å². The lowest BCUT2D eigenvalue weighted by Gasteiger charge is -2.11. The number of anilines is 1. The molecule has 0 bridgehead atoms. The van der Waals surface area contributed by atoms with E-state index in [1.165, 1.54) is 18.2 Å². The molecule has 1 rings (SSSR count). The number of halogens is 1. The Morgan fingerprint density at radius 2 is 2.12 bits per heavy atom. The zero-order chi connectivity index (χ0) is 13.1. The van der Waals surface area contributed by atoms with Crippen molar-refractivity contribution in [3.8, 4) is 6.07 Å². The second kappa shape index (κ2) is 5.39. The van der Waals surface area contributed by atoms with E-state index in [0.717, 1.165) is 0 Å². The molecule has 0 aliphatic rings. The number of sulfonamides is 1. The van der Waals surface area contributed by atoms with Crippen molar-refractivity contribution in [3.63, 3.8) is 0 Å². The molecular weight excluding hydrogens is 260 g/mol. The third kappa shape index (κ3) is 4.25. The molecule has 0 spiro atoms. The standard InChI is InChI=1S/C11H13ClN2O2S/c1-8(2)7-17(15,16)14-11-4-3-9(6-13)5-10(11)12/h3-5,8,14H,7H2,1-2H3. The fourth-order valence-electron chi connectivity index (χ4n) is 1.32. The topological polar surface area (TPSA) is 70.0 Å². The minimum Gasteiger partial charge on any atom is -0.282 e. The van der Waals surface area contributed by atoms with E-state index in [-0.39, 0.29) is 16.7 Å². The summed E-state index contributed by atoms with van der Waals surface area (Å²) in [6.07, 6.45) is 0. The van der Waals surface area contributed by atoms with Gasteiger partial charge >= 0.3 is 0 Å². The maximum Gasteiger partial charge on any atom is 0.233 e. The van der Waals surface area contributed by atoms with Gasteiger partial charge in [0.2, 0.25) is 10.0 Å². The van der Waals surface area contributed by atoms with E-state index in [9.17, 15) is 8.42 Å². The average Bonchev–Trinajstić information content (AvgIpc) is 2.18. The van der Waals surface area contributed by atoms with Gasteiger partial charge in [0.1, 0.15) is 0 Å². The monoisotopic (exact) mass is 272 g/mol. The normalized spacial score (nSPS) is 11.2. The van der Waals surface area contributed by atoms with Crippen molar-refractivity contribution >= 4 is 27.3 Å². The van der Waals surface area contributed by atoms with Gasteiger partial charge in [-0.3, -0.25) is 4.72 Å². The van der Waals surface area contributed by atoms with Crippen LogP contribution in [-0.4, -0.2) is 14.2 Å². The van der Waals surface area contributed by atoms with E-state index in [0.29, 0.717) is 11.3 Å². The van der Waals surface area contributed by atoms with Crippen LogP contribution in [0.25, 0.3) is 0 Å². The zero-order valence-corrected chi connectivity index (χ0v) is 11.1. The summed E-state index contributed by atoms with van der Waals surface area (Å²) in [4.78, 5) is 0. The van der Waals surface area contributed by atoms with E-state index in [2.05, 4.69) is 4.72 Å². The van der Waals surface area contributed by atoms with Crippen molar-refractivity contribution in [2.75, 3.05) is 10.5 Å². The molecule has 0 saturated heterocycles. The zero-order valence-electron chi connectivity index (χ0n) is 9.57. The molecule has 1 aromatic carbocycles. The fraction of sp³-hybridized carbons (Fsp3) is 0.364. The van der Waals surface area contributed by atoms with Crippen LogP contribution in [0.4, 0.5) is 5.69 Å². The molecule has 6 heteroatoms. The predicted octanol–water partition coefficient (Wildman–Crippen LogP) is 2.61. The number of hydrogen-bond donors (Lipinski definition) is 1. The van der Waals surface area contributed by atoms with E-state index in [1.807, 2.05) is 19.9 Å². The Morgan fingerprint density at radius 3 is 2.59 bits per heavy atom. The van der Waals surface area contributed by atoms with Crippen molar-refractivity contribution in [1.82, 2.24) is 0 Å². The van der Waals surface area contributed by atoms with Gasteiger partial charge in [0.05, 0.1) is 28.1 Å². The van der Waals surface area contributed by atoms with Crippen molar-refractivity contribution in [2.45, 2.75) is 13.8 Å². The molecule has 0 unspecified atom stereocenters. The highest BCUT2D eigenvalue weighted by atomic mass is 35.5. The summed E-state index contributed by atoms with van der Waals surface area (Å²) < 4.78 is 25.8. The molecule has 0 aliphatic carbocycles. The van der Waals surface area contributed by atoms with E-state index in [1.54, 1.807) is 0 Å². The first-order valence-corrected chi connectivity index (χ1v) is 7.07. The third-order valence-electron chi connectivity index (χ3n) is 1.92. The average molecular weight is 273 g/mol. The molecule has 0 aromatic heterocycles. The van der Waals surface area contributed by atoms with Gasteiger partial charge in [0.25, 0.3) is 0 Å². The lowest BCUT2D eigenvalue weighted by molar-refractivity contribution is 0.587. The van der Waals surface area contributed by atoms with Gasteiger partial charge in [-0.25, -0.2) is 8.42 Å². The van der Waals surface area contributed by atoms with Gasteiger partial charge in [-0.05, 0) is 24.1 Å². The largest absolute Gasteiger partial charge is 0.282 e. The number of benzene rings is 1. The number of nitrogens with one attached hydrogen (secondary N) is 1. The maximum absolute atomic E-state index is 11.7. The Labute approximate surface area is 106 Å². The van der Waals surface area contributed by atoms with Crippen LogP contribution in [0, 0.1) is 17.2 Å². The Morgan fingerprint density at radius 1 is 1.47 bits per heavy atom. The summed E-state index contributed by atoms with van der Waals surface area (Å²) in [6.45, 7) is 3.64. The smallest absolute Gasteiger partial charge is 0.233 e. The molecule has 0 amide bonds. The van der Waals surface area contributed by atoms with Crippen LogP contribution in [0.1, 0.15) is 19.4 Å². The molecular formula is C11H13ClN2O2S. The lowest BCUT2D eigenvalue weighted by Crippen LogP contribution is -2.20.